The minimum absolute atomic E-state index is 0.0739. The fraction of sp³-hybridized carbons (Fsp3) is 0.364. The lowest BCUT2D eigenvalue weighted by Crippen LogP contribution is -2.48. The van der Waals surface area contributed by atoms with Crippen LogP contribution < -0.4 is 5.32 Å². The molecule has 0 aromatic heterocycles. The summed E-state index contributed by atoms with van der Waals surface area (Å²) in [5.74, 6) is -2.18. The molecule has 0 aliphatic carbocycles. The predicted molar refractivity (Wildman–Crippen MR) is 106 cm³/mol. The van der Waals surface area contributed by atoms with Crippen molar-refractivity contribution in [2.45, 2.75) is 44.9 Å². The van der Waals surface area contributed by atoms with Gasteiger partial charge in [0.15, 0.2) is 0 Å². The number of carboxylic acids is 2. The van der Waals surface area contributed by atoms with Gasteiger partial charge in [0.2, 0.25) is 0 Å². The maximum Gasteiger partial charge on any atom is 0.416 e. The van der Waals surface area contributed by atoms with E-state index in [1.165, 1.54) is 12.1 Å². The van der Waals surface area contributed by atoms with Crippen molar-refractivity contribution in [3.63, 3.8) is 0 Å². The van der Waals surface area contributed by atoms with Gasteiger partial charge in [-0.2, -0.15) is 13.2 Å². The zero-order chi connectivity index (χ0) is 22.5. The zero-order valence-electron chi connectivity index (χ0n) is 16.6. The molecule has 3 N–H and O–H groups in total. The van der Waals surface area contributed by atoms with Crippen molar-refractivity contribution in [3.05, 3.63) is 59.7 Å². The molecule has 0 bridgehead atoms. The van der Waals surface area contributed by atoms with E-state index in [9.17, 15) is 33.0 Å². The minimum Gasteiger partial charge on any atom is -0.480 e. The largest absolute Gasteiger partial charge is 0.480 e. The quantitative estimate of drug-likeness (QED) is 0.555. The van der Waals surface area contributed by atoms with Gasteiger partial charge in [-0.3, -0.25) is 14.9 Å². The van der Waals surface area contributed by atoms with E-state index >= 15 is 0 Å². The van der Waals surface area contributed by atoms with E-state index in [0.717, 1.165) is 12.1 Å². The van der Waals surface area contributed by atoms with Crippen LogP contribution in [0.3, 0.4) is 0 Å². The molecule has 0 amide bonds. The summed E-state index contributed by atoms with van der Waals surface area (Å²) in [5, 5.41) is 21.5. The van der Waals surface area contributed by atoms with Crippen LogP contribution in [0.1, 0.15) is 31.4 Å². The van der Waals surface area contributed by atoms with E-state index in [0.29, 0.717) is 23.1 Å². The van der Waals surface area contributed by atoms with Crippen LogP contribution in [0, 0.1) is 5.92 Å². The maximum atomic E-state index is 12.7. The topological polar surface area (TPSA) is 86.6 Å². The maximum absolute atomic E-state index is 12.7. The molecule has 0 aliphatic heterocycles. The second kappa shape index (κ2) is 9.75. The highest BCUT2D eigenvalue weighted by Gasteiger charge is 2.30. The average molecular weight is 423 g/mol. The first-order valence-corrected chi connectivity index (χ1v) is 9.45. The summed E-state index contributed by atoms with van der Waals surface area (Å²) in [6, 6.07) is 9.47. The molecule has 2 aromatic rings. The summed E-state index contributed by atoms with van der Waals surface area (Å²) in [6.07, 6.45) is -4.03. The Kier molecular flexibility index (Phi) is 7.61. The second-order valence-corrected chi connectivity index (χ2v) is 7.55. The molecule has 5 nitrogen and oxygen atoms in total. The highest BCUT2D eigenvalue weighted by atomic mass is 19.4. The number of nitrogens with one attached hydrogen (secondary N) is 1. The number of benzene rings is 2. The number of carboxylic acid groups (broad SMARTS) is 2. The highest BCUT2D eigenvalue weighted by molar-refractivity contribution is 5.77. The van der Waals surface area contributed by atoms with E-state index < -0.39 is 35.8 Å². The van der Waals surface area contributed by atoms with Crippen LogP contribution in [0.4, 0.5) is 13.2 Å². The Morgan fingerprint density at radius 2 is 1.33 bits per heavy atom. The normalized spacial score (nSPS) is 13.8. The van der Waals surface area contributed by atoms with Gasteiger partial charge in [-0.05, 0) is 47.6 Å². The van der Waals surface area contributed by atoms with Crippen LogP contribution >= 0.6 is 0 Å². The number of hydrogen-bond donors (Lipinski definition) is 3. The number of halogens is 3. The van der Waals surface area contributed by atoms with E-state index in [2.05, 4.69) is 5.32 Å². The molecule has 2 atom stereocenters. The summed E-state index contributed by atoms with van der Waals surface area (Å²) in [6.45, 7) is 3.71. The molecule has 8 heteroatoms. The molecule has 0 heterocycles. The molecular weight excluding hydrogens is 399 g/mol. The number of carbonyl (C=O) groups is 2. The summed E-state index contributed by atoms with van der Waals surface area (Å²) in [7, 11) is 0. The van der Waals surface area contributed by atoms with Gasteiger partial charge in [0.05, 0.1) is 5.56 Å². The van der Waals surface area contributed by atoms with Crippen LogP contribution in [-0.4, -0.2) is 34.2 Å². The van der Waals surface area contributed by atoms with Crippen molar-refractivity contribution in [3.8, 4) is 11.1 Å². The standard InChI is InChI=1S/C22H24F3NO4/c1-13(2)11-18(20(27)28)26-19(21(29)30)12-14-3-5-15(6-4-14)16-7-9-17(10-8-16)22(23,24)25/h3-10,13,18-19,26H,11-12H2,1-2H3,(H,27,28)(H,29,30). The number of hydrogen-bond acceptors (Lipinski definition) is 3. The van der Waals surface area contributed by atoms with Crippen LogP contribution in [0.2, 0.25) is 0 Å². The molecule has 2 rings (SSSR count). The third kappa shape index (κ3) is 6.59. The number of aliphatic carboxylic acids is 2. The van der Waals surface area contributed by atoms with E-state index in [4.69, 9.17) is 0 Å². The molecular formula is C22H24F3NO4. The second-order valence-electron chi connectivity index (χ2n) is 7.55. The molecule has 2 aromatic carbocycles. The van der Waals surface area contributed by atoms with Crippen molar-refractivity contribution >= 4 is 11.9 Å². The van der Waals surface area contributed by atoms with Gasteiger partial charge >= 0.3 is 18.1 Å². The molecule has 0 fully saturated rings. The molecule has 0 aliphatic rings. The van der Waals surface area contributed by atoms with Crippen LogP contribution in [0.5, 0.6) is 0 Å². The Bertz CT molecular complexity index is 861. The molecule has 0 saturated carbocycles. The molecule has 162 valence electrons. The molecule has 2 unspecified atom stereocenters. The van der Waals surface area contributed by atoms with Gasteiger partial charge in [-0.15, -0.1) is 0 Å². The summed E-state index contributed by atoms with van der Waals surface area (Å²) >= 11 is 0. The lowest BCUT2D eigenvalue weighted by molar-refractivity contribution is -0.143. The van der Waals surface area contributed by atoms with Gasteiger partial charge in [-0.25, -0.2) is 0 Å². The van der Waals surface area contributed by atoms with Gasteiger partial charge in [0.25, 0.3) is 0 Å². The van der Waals surface area contributed by atoms with Gasteiger partial charge in [-0.1, -0.05) is 50.2 Å². The SMILES string of the molecule is CC(C)CC(NC(Cc1ccc(-c2ccc(C(F)(F)F)cc2)cc1)C(=O)O)C(=O)O. The Morgan fingerprint density at radius 3 is 1.73 bits per heavy atom. The van der Waals surface area contributed by atoms with Crippen LogP contribution in [0.25, 0.3) is 11.1 Å². The lowest BCUT2D eigenvalue weighted by Gasteiger charge is -2.22. The Morgan fingerprint density at radius 1 is 0.867 bits per heavy atom. The smallest absolute Gasteiger partial charge is 0.416 e. The van der Waals surface area contributed by atoms with E-state index in [1.54, 1.807) is 24.3 Å². The zero-order valence-corrected chi connectivity index (χ0v) is 16.6. The van der Waals surface area contributed by atoms with E-state index in [-0.39, 0.29) is 12.3 Å². The van der Waals surface area contributed by atoms with Crippen molar-refractivity contribution < 1.29 is 33.0 Å². The first kappa shape index (κ1) is 23.4. The molecule has 30 heavy (non-hydrogen) atoms. The summed E-state index contributed by atoms with van der Waals surface area (Å²) in [4.78, 5) is 23.0. The van der Waals surface area contributed by atoms with Crippen molar-refractivity contribution in [1.82, 2.24) is 5.32 Å². The molecule has 0 radical (unpaired) electrons. The first-order valence-electron chi connectivity index (χ1n) is 9.45. The Balaban J connectivity index is 2.12. The van der Waals surface area contributed by atoms with Gasteiger partial charge < -0.3 is 10.2 Å². The highest BCUT2D eigenvalue weighted by Crippen LogP contribution is 2.31. The van der Waals surface area contributed by atoms with Crippen molar-refractivity contribution in [2.75, 3.05) is 0 Å². The number of alkyl halides is 3. The van der Waals surface area contributed by atoms with Gasteiger partial charge in [0.1, 0.15) is 12.1 Å². The third-order valence-electron chi connectivity index (χ3n) is 4.64. The molecule has 0 spiro atoms. The third-order valence-corrected chi connectivity index (χ3v) is 4.64. The fourth-order valence-electron chi connectivity index (χ4n) is 3.09. The first-order chi connectivity index (χ1) is 14.0. The Labute approximate surface area is 172 Å². The number of rotatable bonds is 9. The van der Waals surface area contributed by atoms with Crippen LogP contribution in [-0.2, 0) is 22.2 Å². The monoisotopic (exact) mass is 423 g/mol. The minimum atomic E-state index is -4.40. The molecule has 0 saturated heterocycles. The summed E-state index contributed by atoms with van der Waals surface area (Å²) in [5.41, 5.74) is 1.23. The van der Waals surface area contributed by atoms with E-state index in [1.807, 2.05) is 13.8 Å². The fourth-order valence-corrected chi connectivity index (χ4v) is 3.09. The van der Waals surface area contributed by atoms with Crippen LogP contribution in [0.15, 0.2) is 48.5 Å². The Hall–Kier alpha value is -2.87. The van der Waals surface area contributed by atoms with Crippen molar-refractivity contribution in [1.29, 1.82) is 0 Å². The lowest BCUT2D eigenvalue weighted by atomic mass is 9.98. The summed E-state index contributed by atoms with van der Waals surface area (Å²) < 4.78 is 38.0. The van der Waals surface area contributed by atoms with Gasteiger partial charge in [0, 0.05) is 0 Å². The van der Waals surface area contributed by atoms with Crippen molar-refractivity contribution in [2.24, 2.45) is 5.92 Å². The predicted octanol–water partition coefficient (Wildman–Crippen LogP) is 4.46. The average Bonchev–Trinajstić information content (AvgIpc) is 2.66.